The summed E-state index contributed by atoms with van der Waals surface area (Å²) in [4.78, 5) is 27.2. The summed E-state index contributed by atoms with van der Waals surface area (Å²) in [5.41, 5.74) is 1.11. The zero-order valence-corrected chi connectivity index (χ0v) is 19.4. The molecule has 0 saturated carbocycles. The highest BCUT2D eigenvalue weighted by Crippen LogP contribution is 2.34. The van der Waals surface area contributed by atoms with E-state index in [2.05, 4.69) is 0 Å². The molecule has 1 aliphatic rings. The van der Waals surface area contributed by atoms with Crippen LogP contribution in [0.5, 0.6) is 17.2 Å². The molecular weight excluding hydrogens is 462 g/mol. The Hall–Kier alpha value is -3.56. The van der Waals surface area contributed by atoms with Gasteiger partial charge in [0.25, 0.3) is 5.91 Å². The Balaban J connectivity index is 1.43. The van der Waals surface area contributed by atoms with Gasteiger partial charge in [-0.1, -0.05) is 36.1 Å². The van der Waals surface area contributed by atoms with Crippen LogP contribution in [0.2, 0.25) is 0 Å². The van der Waals surface area contributed by atoms with E-state index in [-0.39, 0.29) is 5.91 Å². The number of thiocarbonyl (C=S) groups is 1. The van der Waals surface area contributed by atoms with E-state index in [4.69, 9.17) is 30.8 Å². The molecule has 1 aliphatic heterocycles. The second-order valence-electron chi connectivity index (χ2n) is 6.88. The van der Waals surface area contributed by atoms with Gasteiger partial charge in [-0.05, 0) is 54.1 Å². The van der Waals surface area contributed by atoms with Gasteiger partial charge in [-0.2, -0.15) is 0 Å². The fourth-order valence-corrected chi connectivity index (χ4v) is 4.36. The lowest BCUT2D eigenvalue weighted by Crippen LogP contribution is -2.27. The quantitative estimate of drug-likeness (QED) is 0.204. The second-order valence-corrected chi connectivity index (χ2v) is 8.55. The van der Waals surface area contributed by atoms with E-state index in [9.17, 15) is 9.59 Å². The molecule has 0 N–H and O–H groups in total. The second kappa shape index (κ2) is 9.93. The van der Waals surface area contributed by atoms with Crippen molar-refractivity contribution in [1.82, 2.24) is 4.90 Å². The molecule has 4 rings (SSSR count). The van der Waals surface area contributed by atoms with Crippen LogP contribution in [-0.2, 0) is 11.3 Å². The summed E-state index contributed by atoms with van der Waals surface area (Å²) in [5, 5.41) is 0. The number of benzene rings is 2. The summed E-state index contributed by atoms with van der Waals surface area (Å²) < 4.78 is 21.6. The van der Waals surface area contributed by atoms with Gasteiger partial charge in [0.15, 0.2) is 11.5 Å². The van der Waals surface area contributed by atoms with Crippen molar-refractivity contribution < 1.29 is 28.2 Å². The molecule has 9 heteroatoms. The molecule has 0 radical (unpaired) electrons. The van der Waals surface area contributed by atoms with Crippen LogP contribution in [0, 0.1) is 0 Å². The predicted octanol–water partition coefficient (Wildman–Crippen LogP) is 4.92. The number of carbonyl (C=O) groups is 2. The molecule has 1 aromatic heterocycles. The maximum atomic E-state index is 12.7. The Kier molecular flexibility index (Phi) is 6.81. The summed E-state index contributed by atoms with van der Waals surface area (Å²) in [7, 11) is 3.02. The molecule has 2 heterocycles. The van der Waals surface area contributed by atoms with E-state index in [0.29, 0.717) is 44.3 Å². The van der Waals surface area contributed by atoms with E-state index in [1.807, 2.05) is 0 Å². The highest BCUT2D eigenvalue weighted by atomic mass is 32.2. The van der Waals surface area contributed by atoms with Crippen LogP contribution in [0.25, 0.3) is 6.08 Å². The molecule has 0 spiro atoms. The van der Waals surface area contributed by atoms with Crippen molar-refractivity contribution in [3.05, 3.63) is 82.7 Å². The van der Waals surface area contributed by atoms with Gasteiger partial charge >= 0.3 is 5.97 Å². The van der Waals surface area contributed by atoms with Gasteiger partial charge < -0.3 is 18.6 Å². The number of amides is 1. The predicted molar refractivity (Wildman–Crippen MR) is 128 cm³/mol. The number of thioether (sulfide) groups is 1. The highest BCUT2D eigenvalue weighted by Gasteiger charge is 2.32. The van der Waals surface area contributed by atoms with Crippen LogP contribution >= 0.6 is 24.0 Å². The number of rotatable bonds is 7. The first-order valence-electron chi connectivity index (χ1n) is 9.80. The average Bonchev–Trinajstić information content (AvgIpc) is 3.44. The summed E-state index contributed by atoms with van der Waals surface area (Å²) in [6.45, 7) is 0.292. The Labute approximate surface area is 199 Å². The highest BCUT2D eigenvalue weighted by molar-refractivity contribution is 8.26. The SMILES string of the molecule is COc1ccc(C(=O)Oc2ccc(C=C3SC(=S)N(Cc4ccco4)C3=O)cc2)cc1OC. The summed E-state index contributed by atoms with van der Waals surface area (Å²) in [6.07, 6.45) is 3.31. The van der Waals surface area contributed by atoms with E-state index >= 15 is 0 Å². The van der Waals surface area contributed by atoms with Gasteiger partial charge in [0.2, 0.25) is 0 Å². The van der Waals surface area contributed by atoms with Crippen molar-refractivity contribution in [2.24, 2.45) is 0 Å². The Morgan fingerprint density at radius 2 is 1.85 bits per heavy atom. The molecule has 0 unspecified atom stereocenters. The first kappa shape index (κ1) is 22.6. The molecule has 7 nitrogen and oxygen atoms in total. The summed E-state index contributed by atoms with van der Waals surface area (Å²) in [5.74, 6) is 1.29. The maximum absolute atomic E-state index is 12.7. The number of methoxy groups -OCH3 is 2. The third kappa shape index (κ3) is 5.10. The van der Waals surface area contributed by atoms with E-state index in [1.165, 1.54) is 30.9 Å². The minimum atomic E-state index is -0.525. The third-order valence-electron chi connectivity index (χ3n) is 4.78. The molecule has 0 atom stereocenters. The number of furan rings is 1. The Morgan fingerprint density at radius 1 is 1.09 bits per heavy atom. The van der Waals surface area contributed by atoms with Crippen LogP contribution in [0.4, 0.5) is 0 Å². The minimum absolute atomic E-state index is 0.176. The maximum Gasteiger partial charge on any atom is 0.343 e. The van der Waals surface area contributed by atoms with Gasteiger partial charge in [-0.3, -0.25) is 9.69 Å². The zero-order valence-electron chi connectivity index (χ0n) is 17.8. The van der Waals surface area contributed by atoms with Crippen LogP contribution < -0.4 is 14.2 Å². The van der Waals surface area contributed by atoms with Crippen molar-refractivity contribution in [1.29, 1.82) is 0 Å². The largest absolute Gasteiger partial charge is 0.493 e. The van der Waals surface area contributed by atoms with Crippen LogP contribution in [0.1, 0.15) is 21.7 Å². The monoisotopic (exact) mass is 481 g/mol. The van der Waals surface area contributed by atoms with Gasteiger partial charge in [0.05, 0.1) is 37.5 Å². The number of ether oxygens (including phenoxy) is 3. The summed E-state index contributed by atoms with van der Waals surface area (Å²) >= 11 is 6.58. The van der Waals surface area contributed by atoms with Crippen molar-refractivity contribution in [3.8, 4) is 17.2 Å². The zero-order chi connectivity index (χ0) is 23.4. The Morgan fingerprint density at radius 3 is 2.52 bits per heavy atom. The topological polar surface area (TPSA) is 78.2 Å². The molecule has 1 saturated heterocycles. The number of hydrogen-bond donors (Lipinski definition) is 0. The van der Waals surface area contributed by atoms with Crippen LogP contribution in [-0.4, -0.2) is 35.3 Å². The third-order valence-corrected chi connectivity index (χ3v) is 6.15. The summed E-state index contributed by atoms with van der Waals surface area (Å²) in [6, 6.07) is 15.2. The lowest BCUT2D eigenvalue weighted by atomic mass is 10.2. The van der Waals surface area contributed by atoms with Crippen molar-refractivity contribution in [2.75, 3.05) is 14.2 Å². The fourth-order valence-electron chi connectivity index (χ4n) is 3.11. The molecular formula is C24H19NO6S2. The first-order valence-corrected chi connectivity index (χ1v) is 11.0. The van der Waals surface area contributed by atoms with E-state index < -0.39 is 5.97 Å². The fraction of sp³-hybridized carbons (Fsp3) is 0.125. The molecule has 33 heavy (non-hydrogen) atoms. The van der Waals surface area contributed by atoms with E-state index in [0.717, 1.165) is 5.56 Å². The van der Waals surface area contributed by atoms with Gasteiger partial charge in [-0.15, -0.1) is 0 Å². The lowest BCUT2D eigenvalue weighted by Gasteiger charge is -2.12. The van der Waals surface area contributed by atoms with E-state index in [1.54, 1.807) is 66.9 Å². The van der Waals surface area contributed by atoms with Crippen molar-refractivity contribution in [3.63, 3.8) is 0 Å². The van der Waals surface area contributed by atoms with Crippen molar-refractivity contribution in [2.45, 2.75) is 6.54 Å². The van der Waals surface area contributed by atoms with Gasteiger partial charge in [0, 0.05) is 0 Å². The minimum Gasteiger partial charge on any atom is -0.493 e. The molecule has 2 aromatic carbocycles. The number of hydrogen-bond acceptors (Lipinski definition) is 8. The molecule has 3 aromatic rings. The first-order chi connectivity index (χ1) is 16.0. The number of carbonyl (C=O) groups excluding carboxylic acids is 2. The lowest BCUT2D eigenvalue weighted by molar-refractivity contribution is -0.122. The molecule has 1 amide bonds. The number of esters is 1. The average molecular weight is 482 g/mol. The molecule has 1 fully saturated rings. The normalized spacial score (nSPS) is 14.6. The van der Waals surface area contributed by atoms with Gasteiger partial charge in [-0.25, -0.2) is 4.79 Å². The van der Waals surface area contributed by atoms with Crippen molar-refractivity contribution >= 4 is 46.3 Å². The molecule has 0 aliphatic carbocycles. The molecule has 168 valence electrons. The smallest absolute Gasteiger partial charge is 0.343 e. The number of nitrogens with zero attached hydrogens (tertiary/aromatic N) is 1. The van der Waals surface area contributed by atoms with Gasteiger partial charge in [0.1, 0.15) is 15.8 Å². The van der Waals surface area contributed by atoms with Crippen LogP contribution in [0.3, 0.4) is 0 Å². The molecule has 0 bridgehead atoms. The Bertz CT molecular complexity index is 1220. The standard InChI is InChI=1S/C24H19NO6S2/c1-28-19-10-7-16(13-20(19)29-2)23(27)31-17-8-5-15(6-9-17)12-21-22(26)25(24(32)33-21)14-18-4-3-11-30-18/h3-13H,14H2,1-2H3. The van der Waals surface area contributed by atoms with Crippen LogP contribution in [0.15, 0.2) is 70.2 Å².